The van der Waals surface area contributed by atoms with Gasteiger partial charge in [-0.1, -0.05) is 44.2 Å². The lowest BCUT2D eigenvalue weighted by Gasteiger charge is -2.45. The summed E-state index contributed by atoms with van der Waals surface area (Å²) in [4.78, 5) is 19.9. The van der Waals surface area contributed by atoms with Gasteiger partial charge in [0, 0.05) is 18.4 Å². The maximum Gasteiger partial charge on any atom is 0.232 e. The van der Waals surface area contributed by atoms with E-state index in [1.807, 2.05) is 70.2 Å². The fourth-order valence-corrected chi connectivity index (χ4v) is 6.10. The Labute approximate surface area is 218 Å². The van der Waals surface area contributed by atoms with Crippen molar-refractivity contribution in [2.24, 2.45) is 10.7 Å². The van der Waals surface area contributed by atoms with E-state index >= 15 is 0 Å². The van der Waals surface area contributed by atoms with E-state index in [1.165, 1.54) is 0 Å². The van der Waals surface area contributed by atoms with Crippen LogP contribution in [-0.4, -0.2) is 44.2 Å². The zero-order valence-electron chi connectivity index (χ0n) is 22.1. The molecule has 1 unspecified atom stereocenters. The summed E-state index contributed by atoms with van der Waals surface area (Å²) in [6.45, 7) is 8.07. The summed E-state index contributed by atoms with van der Waals surface area (Å²) in [5.41, 5.74) is 8.98. The number of guanidine groups is 1. The number of aliphatic hydroxyl groups excluding tert-OH is 2. The van der Waals surface area contributed by atoms with Gasteiger partial charge in [-0.2, -0.15) is 0 Å². The first-order valence-electron chi connectivity index (χ1n) is 13.3. The Bertz CT molecular complexity index is 1220. The molecule has 0 saturated heterocycles. The summed E-state index contributed by atoms with van der Waals surface area (Å²) in [5, 5.41) is 25.0. The molecule has 4 atom stereocenters. The number of benzene rings is 2. The topological polar surface area (TPSA) is 120 Å². The summed E-state index contributed by atoms with van der Waals surface area (Å²) in [5.74, 6) is 0.856. The quantitative estimate of drug-likeness (QED) is 0.444. The van der Waals surface area contributed by atoms with Crippen molar-refractivity contribution in [1.29, 1.82) is 0 Å². The predicted octanol–water partition coefficient (Wildman–Crippen LogP) is 3.63. The standard InChI is InChI=1S/C29H38N4O4/c1-5-29(6-2)16-24(35)33(27(30)32-29)21-15-28(3,4)37-23-12-11-18(13-20(21)23)26(36)31-25-19-10-8-7-9-17(19)14-22(25)34/h7-13,21-22,25-26,31,34,36H,5-6,14-16H2,1-4H3,(H2,30,32)/t21-,22-,25-,26?/m1/s1. The molecule has 0 spiro atoms. The molecule has 2 heterocycles. The molecule has 37 heavy (non-hydrogen) atoms. The van der Waals surface area contributed by atoms with Crippen LogP contribution in [0.2, 0.25) is 0 Å². The second-order valence-corrected chi connectivity index (χ2v) is 11.2. The van der Waals surface area contributed by atoms with E-state index in [9.17, 15) is 15.0 Å². The Morgan fingerprint density at radius 3 is 2.62 bits per heavy atom. The maximum atomic E-state index is 13.5. The molecule has 8 nitrogen and oxygen atoms in total. The third-order valence-electron chi connectivity index (χ3n) is 8.30. The highest BCUT2D eigenvalue weighted by Gasteiger charge is 2.45. The third kappa shape index (κ3) is 4.62. The lowest BCUT2D eigenvalue weighted by atomic mass is 9.84. The van der Waals surface area contributed by atoms with Crippen LogP contribution >= 0.6 is 0 Å². The van der Waals surface area contributed by atoms with Gasteiger partial charge in [0.2, 0.25) is 5.91 Å². The molecule has 0 saturated carbocycles. The van der Waals surface area contributed by atoms with Crippen molar-refractivity contribution in [2.75, 3.05) is 0 Å². The largest absolute Gasteiger partial charge is 0.487 e. The molecule has 5 N–H and O–H groups in total. The van der Waals surface area contributed by atoms with Crippen LogP contribution in [0.25, 0.3) is 0 Å². The number of aliphatic imine (C=N–C) groups is 1. The molecule has 0 radical (unpaired) electrons. The molecule has 2 aromatic rings. The van der Waals surface area contributed by atoms with Crippen LogP contribution in [0.4, 0.5) is 0 Å². The normalized spacial score (nSPS) is 26.6. The van der Waals surface area contributed by atoms with Crippen molar-refractivity contribution in [3.8, 4) is 5.75 Å². The van der Waals surface area contributed by atoms with E-state index in [0.717, 1.165) is 29.5 Å². The number of aliphatic hydroxyl groups is 2. The van der Waals surface area contributed by atoms with E-state index in [-0.39, 0.29) is 24.0 Å². The van der Waals surface area contributed by atoms with Gasteiger partial charge in [-0.3, -0.25) is 15.0 Å². The second kappa shape index (κ2) is 9.42. The number of nitrogens with one attached hydrogen (secondary N) is 1. The number of rotatable bonds is 6. The zero-order valence-corrected chi connectivity index (χ0v) is 22.1. The molecule has 0 fully saturated rings. The van der Waals surface area contributed by atoms with Crippen LogP contribution in [0.5, 0.6) is 5.75 Å². The molecule has 0 bridgehead atoms. The molecule has 1 amide bonds. The molecule has 5 rings (SSSR count). The second-order valence-electron chi connectivity index (χ2n) is 11.2. The number of ether oxygens (including phenoxy) is 1. The van der Waals surface area contributed by atoms with Gasteiger partial charge in [0.25, 0.3) is 0 Å². The van der Waals surface area contributed by atoms with E-state index in [2.05, 4.69) is 5.32 Å². The van der Waals surface area contributed by atoms with Gasteiger partial charge in [-0.15, -0.1) is 0 Å². The van der Waals surface area contributed by atoms with E-state index in [0.29, 0.717) is 30.6 Å². The Morgan fingerprint density at radius 1 is 1.19 bits per heavy atom. The first-order valence-corrected chi connectivity index (χ1v) is 13.3. The van der Waals surface area contributed by atoms with Crippen LogP contribution in [0.1, 0.15) is 93.9 Å². The molecule has 0 aromatic heterocycles. The first kappa shape index (κ1) is 25.7. The summed E-state index contributed by atoms with van der Waals surface area (Å²) >= 11 is 0. The minimum atomic E-state index is -1.03. The van der Waals surface area contributed by atoms with Gasteiger partial charge in [0.15, 0.2) is 5.96 Å². The fourth-order valence-electron chi connectivity index (χ4n) is 6.10. The highest BCUT2D eigenvalue weighted by molar-refractivity contribution is 5.99. The molecule has 8 heteroatoms. The third-order valence-corrected chi connectivity index (χ3v) is 8.30. The number of hydrogen-bond donors (Lipinski definition) is 4. The smallest absolute Gasteiger partial charge is 0.232 e. The Balaban J connectivity index is 1.47. The molecular weight excluding hydrogens is 468 g/mol. The summed E-state index contributed by atoms with van der Waals surface area (Å²) in [7, 11) is 0. The molecular formula is C29H38N4O4. The molecule has 2 aromatic carbocycles. The van der Waals surface area contributed by atoms with Crippen molar-refractivity contribution >= 4 is 11.9 Å². The molecule has 1 aliphatic carbocycles. The van der Waals surface area contributed by atoms with Gasteiger partial charge < -0.3 is 20.7 Å². The average Bonchev–Trinajstić information content (AvgIpc) is 3.17. The maximum absolute atomic E-state index is 13.5. The molecule has 2 aliphatic heterocycles. The SMILES string of the molecule is CCC1(CC)CC(=O)N([C@@H]2CC(C)(C)Oc3ccc(C(O)N[C@@H]4c5ccccc5C[C@H]4O)cc32)C(N)=N1. The average molecular weight is 507 g/mol. The van der Waals surface area contributed by atoms with Gasteiger partial charge in [0.05, 0.1) is 30.1 Å². The number of amides is 1. The zero-order chi connectivity index (χ0) is 26.5. The minimum absolute atomic E-state index is 0.0420. The number of nitrogens with two attached hydrogens (primary N) is 1. The van der Waals surface area contributed by atoms with Crippen molar-refractivity contribution in [3.63, 3.8) is 0 Å². The summed E-state index contributed by atoms with van der Waals surface area (Å²) in [6, 6.07) is 12.7. The van der Waals surface area contributed by atoms with Crippen LogP contribution < -0.4 is 15.8 Å². The Kier molecular flexibility index (Phi) is 6.54. The van der Waals surface area contributed by atoms with Crippen molar-refractivity contribution in [1.82, 2.24) is 10.2 Å². The lowest BCUT2D eigenvalue weighted by molar-refractivity contribution is -0.132. The van der Waals surface area contributed by atoms with Crippen LogP contribution in [-0.2, 0) is 11.2 Å². The van der Waals surface area contributed by atoms with E-state index in [1.54, 1.807) is 4.90 Å². The Hall–Kier alpha value is -2.94. The Morgan fingerprint density at radius 2 is 1.92 bits per heavy atom. The van der Waals surface area contributed by atoms with E-state index < -0.39 is 23.5 Å². The predicted molar refractivity (Wildman–Crippen MR) is 142 cm³/mol. The summed E-state index contributed by atoms with van der Waals surface area (Å²) in [6.07, 6.45) is 1.24. The first-order chi connectivity index (χ1) is 17.6. The van der Waals surface area contributed by atoms with Gasteiger partial charge in [-0.05, 0) is 55.5 Å². The van der Waals surface area contributed by atoms with Gasteiger partial charge in [0.1, 0.15) is 17.6 Å². The summed E-state index contributed by atoms with van der Waals surface area (Å²) < 4.78 is 6.27. The highest BCUT2D eigenvalue weighted by Crippen LogP contribution is 2.45. The van der Waals surface area contributed by atoms with Crippen LogP contribution in [0.15, 0.2) is 47.5 Å². The number of nitrogens with zero attached hydrogens (tertiary/aromatic N) is 2. The minimum Gasteiger partial charge on any atom is -0.487 e. The lowest BCUT2D eigenvalue weighted by Crippen LogP contribution is -2.54. The number of carbonyl (C=O) groups excluding carboxylic acids is 1. The van der Waals surface area contributed by atoms with Crippen molar-refractivity contribution < 1.29 is 19.7 Å². The number of hydrogen-bond acceptors (Lipinski definition) is 7. The van der Waals surface area contributed by atoms with Crippen LogP contribution in [0, 0.1) is 0 Å². The van der Waals surface area contributed by atoms with Gasteiger partial charge in [-0.25, -0.2) is 4.99 Å². The number of fused-ring (bicyclic) bond motifs is 2. The number of carbonyl (C=O) groups is 1. The molecule has 198 valence electrons. The fraction of sp³-hybridized carbons (Fsp3) is 0.517. The monoisotopic (exact) mass is 506 g/mol. The van der Waals surface area contributed by atoms with Crippen molar-refractivity contribution in [3.05, 3.63) is 64.7 Å². The van der Waals surface area contributed by atoms with Crippen molar-refractivity contribution in [2.45, 2.75) is 95.4 Å². The van der Waals surface area contributed by atoms with Crippen LogP contribution in [0.3, 0.4) is 0 Å². The van der Waals surface area contributed by atoms with E-state index in [4.69, 9.17) is 15.5 Å². The van der Waals surface area contributed by atoms with Gasteiger partial charge >= 0.3 is 0 Å². The molecule has 3 aliphatic rings. The highest BCUT2D eigenvalue weighted by atomic mass is 16.5.